The molecule has 0 aliphatic heterocycles. The van der Waals surface area contributed by atoms with Crippen molar-refractivity contribution in [2.75, 3.05) is 0 Å². The first kappa shape index (κ1) is 19.5. The zero-order chi connectivity index (χ0) is 17.6. The fraction of sp³-hybridized carbons (Fsp3) is 0.632. The maximum atomic E-state index is 11.5. The Labute approximate surface area is 158 Å². The molecule has 1 unspecified atom stereocenters. The number of carbonyl (C=O) groups is 1. The first-order valence-electron chi connectivity index (χ1n) is 8.91. The van der Waals surface area contributed by atoms with Gasteiger partial charge in [0.25, 0.3) is 0 Å². The summed E-state index contributed by atoms with van der Waals surface area (Å²) in [5.41, 5.74) is 5.86. The Balaban J connectivity index is 2.42. The topological polar surface area (TPSA) is 72.6 Å². The van der Waals surface area contributed by atoms with E-state index in [-0.39, 0.29) is 6.10 Å². The molecule has 1 fully saturated rings. The summed E-state index contributed by atoms with van der Waals surface area (Å²) in [5, 5.41) is 11.2. The van der Waals surface area contributed by atoms with Crippen LogP contribution in [0.1, 0.15) is 63.9 Å². The van der Waals surface area contributed by atoms with Crippen molar-refractivity contribution >= 4 is 28.7 Å². The van der Waals surface area contributed by atoms with Crippen molar-refractivity contribution in [2.24, 2.45) is 5.73 Å². The fourth-order valence-electron chi connectivity index (χ4n) is 4.02. The summed E-state index contributed by atoms with van der Waals surface area (Å²) in [6, 6.07) is 8.10. The normalized spacial score (nSPS) is 25.2. The number of ether oxygens (including phenoxy) is 1. The number of aliphatic hydroxyl groups is 1. The van der Waals surface area contributed by atoms with Crippen LogP contribution >= 0.6 is 22.6 Å². The van der Waals surface area contributed by atoms with Crippen molar-refractivity contribution in [1.82, 2.24) is 0 Å². The lowest BCUT2D eigenvalue weighted by atomic mass is 9.63. The highest BCUT2D eigenvalue weighted by molar-refractivity contribution is 14.1. The SMILES string of the molecule is CCCCCC(O)[C@@]1(c2ccccc2I)CCCC[C@@H]1OC(N)=O. The highest BCUT2D eigenvalue weighted by Gasteiger charge is 2.50. The molecule has 0 heterocycles. The third-order valence-corrected chi connectivity index (χ3v) is 6.13. The van der Waals surface area contributed by atoms with Crippen LogP contribution in [0.4, 0.5) is 4.79 Å². The molecule has 1 aromatic rings. The number of hydrogen-bond donors (Lipinski definition) is 2. The van der Waals surface area contributed by atoms with Crippen molar-refractivity contribution < 1.29 is 14.6 Å². The molecule has 0 radical (unpaired) electrons. The number of primary amides is 1. The van der Waals surface area contributed by atoms with Crippen molar-refractivity contribution in [1.29, 1.82) is 0 Å². The number of rotatable bonds is 7. The second-order valence-corrected chi connectivity index (χ2v) is 7.87. The van der Waals surface area contributed by atoms with Gasteiger partial charge in [0.05, 0.1) is 11.5 Å². The van der Waals surface area contributed by atoms with Crippen LogP contribution in [-0.4, -0.2) is 23.4 Å². The molecule has 134 valence electrons. The monoisotopic (exact) mass is 445 g/mol. The van der Waals surface area contributed by atoms with Gasteiger partial charge in [-0.05, 0) is 59.9 Å². The van der Waals surface area contributed by atoms with Gasteiger partial charge in [-0.3, -0.25) is 0 Å². The largest absolute Gasteiger partial charge is 0.445 e. The quantitative estimate of drug-likeness (QED) is 0.479. The molecule has 5 heteroatoms. The molecule has 0 aromatic heterocycles. The van der Waals surface area contributed by atoms with Crippen molar-refractivity contribution in [2.45, 2.75) is 75.9 Å². The Morgan fingerprint density at radius 2 is 2.17 bits per heavy atom. The zero-order valence-electron chi connectivity index (χ0n) is 14.3. The first-order valence-corrected chi connectivity index (χ1v) is 9.99. The Morgan fingerprint density at radius 1 is 1.42 bits per heavy atom. The van der Waals surface area contributed by atoms with E-state index in [9.17, 15) is 9.90 Å². The molecular formula is C19H28INO3. The number of nitrogens with two attached hydrogens (primary N) is 1. The van der Waals surface area contributed by atoms with Crippen LogP contribution in [0.5, 0.6) is 0 Å². The van der Waals surface area contributed by atoms with Gasteiger partial charge in [-0.15, -0.1) is 0 Å². The molecule has 4 nitrogen and oxygen atoms in total. The second-order valence-electron chi connectivity index (χ2n) is 6.70. The van der Waals surface area contributed by atoms with Gasteiger partial charge in [-0.2, -0.15) is 0 Å². The highest BCUT2D eigenvalue weighted by atomic mass is 127. The lowest BCUT2D eigenvalue weighted by Crippen LogP contribution is -2.53. The molecule has 0 saturated heterocycles. The van der Waals surface area contributed by atoms with Gasteiger partial charge >= 0.3 is 6.09 Å². The molecule has 0 spiro atoms. The zero-order valence-corrected chi connectivity index (χ0v) is 16.5. The summed E-state index contributed by atoms with van der Waals surface area (Å²) in [7, 11) is 0. The Kier molecular flexibility index (Phi) is 7.34. The van der Waals surface area contributed by atoms with E-state index in [4.69, 9.17) is 10.5 Å². The van der Waals surface area contributed by atoms with Gasteiger partial charge in [-0.1, -0.05) is 50.8 Å². The van der Waals surface area contributed by atoms with E-state index in [1.165, 1.54) is 0 Å². The standard InChI is InChI=1S/C19H28INO3/c1-2-3-4-11-16(22)19(14-9-5-6-10-15(14)20)13-8-7-12-17(19)24-18(21)23/h5-6,9-10,16-17,22H,2-4,7-8,11-13H2,1H3,(H2,21,23)/t16?,17-,19-/m0/s1. The van der Waals surface area contributed by atoms with Crippen LogP contribution in [0, 0.1) is 3.57 Å². The van der Waals surface area contributed by atoms with Gasteiger partial charge in [0.15, 0.2) is 0 Å². The molecular weight excluding hydrogens is 417 g/mol. The lowest BCUT2D eigenvalue weighted by molar-refractivity contribution is -0.0505. The first-order chi connectivity index (χ1) is 11.5. The summed E-state index contributed by atoms with van der Waals surface area (Å²) in [6.45, 7) is 2.15. The van der Waals surface area contributed by atoms with E-state index >= 15 is 0 Å². The molecule has 24 heavy (non-hydrogen) atoms. The summed E-state index contributed by atoms with van der Waals surface area (Å²) in [5.74, 6) is 0. The number of carbonyl (C=O) groups excluding carboxylic acids is 1. The van der Waals surface area contributed by atoms with E-state index in [1.807, 2.05) is 18.2 Å². The summed E-state index contributed by atoms with van der Waals surface area (Å²) >= 11 is 2.31. The average molecular weight is 445 g/mol. The average Bonchev–Trinajstić information content (AvgIpc) is 2.56. The predicted octanol–water partition coefficient (Wildman–Crippen LogP) is 4.51. The maximum Gasteiger partial charge on any atom is 0.404 e. The van der Waals surface area contributed by atoms with Crippen molar-refractivity contribution in [3.8, 4) is 0 Å². The molecule has 1 amide bonds. The van der Waals surface area contributed by atoms with Crippen LogP contribution in [0.2, 0.25) is 0 Å². The number of halogens is 1. The number of aliphatic hydroxyl groups excluding tert-OH is 1. The van der Waals surface area contributed by atoms with Crippen LogP contribution in [0.3, 0.4) is 0 Å². The molecule has 1 aliphatic rings. The lowest BCUT2D eigenvalue weighted by Gasteiger charge is -2.47. The molecule has 0 bridgehead atoms. The van der Waals surface area contributed by atoms with E-state index in [0.29, 0.717) is 0 Å². The second kappa shape index (κ2) is 9.04. The Bertz CT molecular complexity index is 551. The Morgan fingerprint density at radius 3 is 2.83 bits per heavy atom. The molecule has 2 rings (SSSR count). The van der Waals surface area contributed by atoms with Gasteiger partial charge in [0, 0.05) is 3.57 Å². The van der Waals surface area contributed by atoms with E-state index in [2.05, 4.69) is 35.6 Å². The van der Waals surface area contributed by atoms with Gasteiger partial charge in [0.2, 0.25) is 0 Å². The number of amides is 1. The maximum absolute atomic E-state index is 11.5. The van der Waals surface area contributed by atoms with Gasteiger partial charge in [-0.25, -0.2) is 4.79 Å². The third-order valence-electron chi connectivity index (χ3n) is 5.19. The van der Waals surface area contributed by atoms with Crippen LogP contribution in [-0.2, 0) is 10.2 Å². The summed E-state index contributed by atoms with van der Waals surface area (Å²) in [6.07, 6.45) is 5.84. The minimum absolute atomic E-state index is 0.365. The van der Waals surface area contributed by atoms with Gasteiger partial charge in [0.1, 0.15) is 6.10 Å². The van der Waals surface area contributed by atoms with Crippen LogP contribution in [0.25, 0.3) is 0 Å². The van der Waals surface area contributed by atoms with Crippen LogP contribution < -0.4 is 5.73 Å². The van der Waals surface area contributed by atoms with E-state index in [1.54, 1.807) is 0 Å². The van der Waals surface area contributed by atoms with Gasteiger partial charge < -0.3 is 15.6 Å². The smallest absolute Gasteiger partial charge is 0.404 e. The fourth-order valence-corrected chi connectivity index (χ4v) is 4.91. The number of hydrogen-bond acceptors (Lipinski definition) is 3. The molecule has 1 aliphatic carbocycles. The molecule has 3 atom stereocenters. The van der Waals surface area contributed by atoms with Crippen molar-refractivity contribution in [3.63, 3.8) is 0 Å². The summed E-state index contributed by atoms with van der Waals surface area (Å²) < 4.78 is 6.62. The third kappa shape index (κ3) is 4.23. The highest BCUT2D eigenvalue weighted by Crippen LogP contribution is 2.46. The number of unbranched alkanes of at least 4 members (excludes halogenated alkanes) is 2. The molecule has 3 N–H and O–H groups in total. The minimum atomic E-state index is -0.752. The predicted molar refractivity (Wildman–Crippen MR) is 104 cm³/mol. The van der Waals surface area contributed by atoms with Crippen molar-refractivity contribution in [3.05, 3.63) is 33.4 Å². The van der Waals surface area contributed by atoms with E-state index < -0.39 is 17.6 Å². The molecule has 1 saturated carbocycles. The Hall–Kier alpha value is -0.820. The van der Waals surface area contributed by atoms with Crippen LogP contribution in [0.15, 0.2) is 24.3 Å². The molecule has 1 aromatic carbocycles. The summed E-state index contributed by atoms with van der Waals surface area (Å²) in [4.78, 5) is 11.5. The minimum Gasteiger partial charge on any atom is -0.445 e. The van der Waals surface area contributed by atoms with E-state index in [0.717, 1.165) is 60.5 Å². The number of benzene rings is 1.